The molecule has 1 heterocycles. The minimum absolute atomic E-state index is 0.0724. The van der Waals surface area contributed by atoms with Crippen molar-refractivity contribution in [2.24, 2.45) is 9.98 Å². The zero-order valence-electron chi connectivity index (χ0n) is 19.1. The Kier molecular flexibility index (Phi) is 8.46. The van der Waals surface area contributed by atoms with Crippen LogP contribution in [0.15, 0.2) is 52.3 Å². The van der Waals surface area contributed by atoms with E-state index in [1.54, 1.807) is 45.2 Å². The van der Waals surface area contributed by atoms with Crippen LogP contribution < -0.4 is 15.4 Å². The van der Waals surface area contributed by atoms with Gasteiger partial charge in [0.1, 0.15) is 23.7 Å². The molecule has 9 heteroatoms. The molecule has 0 aliphatic carbocycles. The third-order valence-corrected chi connectivity index (χ3v) is 3.81. The zero-order chi connectivity index (χ0) is 23.7. The monoisotopic (exact) mass is 439 g/mol. The Bertz CT molecular complexity index is 1050. The number of nitrogens with zero attached hydrogens (tertiary/aromatic N) is 3. The van der Waals surface area contributed by atoms with E-state index in [1.807, 2.05) is 19.9 Å². The molecule has 9 nitrogen and oxygen atoms in total. The Morgan fingerprint density at radius 2 is 2.00 bits per heavy atom. The Hall–Kier alpha value is -3.75. The molecule has 2 aromatic rings. The van der Waals surface area contributed by atoms with Gasteiger partial charge in [0.05, 0.1) is 23.9 Å². The fourth-order valence-electron chi connectivity index (χ4n) is 2.53. The van der Waals surface area contributed by atoms with Gasteiger partial charge < -0.3 is 20.1 Å². The Morgan fingerprint density at radius 3 is 2.66 bits per heavy atom. The highest BCUT2D eigenvalue weighted by atomic mass is 16.6. The molecule has 0 saturated heterocycles. The van der Waals surface area contributed by atoms with Crippen molar-refractivity contribution >= 4 is 41.0 Å². The molecular weight excluding hydrogens is 410 g/mol. The van der Waals surface area contributed by atoms with Crippen LogP contribution in [0.3, 0.4) is 0 Å². The van der Waals surface area contributed by atoms with Crippen LogP contribution >= 0.6 is 0 Å². The topological polar surface area (TPSA) is 114 Å². The van der Waals surface area contributed by atoms with Gasteiger partial charge in [0.2, 0.25) is 0 Å². The number of amides is 2. The predicted molar refractivity (Wildman–Crippen MR) is 127 cm³/mol. The van der Waals surface area contributed by atoms with Crippen LogP contribution in [0.5, 0.6) is 5.75 Å². The Balaban J connectivity index is 2.14. The van der Waals surface area contributed by atoms with Crippen molar-refractivity contribution in [1.29, 1.82) is 0 Å². The van der Waals surface area contributed by atoms with Crippen molar-refractivity contribution < 1.29 is 19.1 Å². The average Bonchev–Trinajstić information content (AvgIpc) is 2.70. The zero-order valence-corrected chi connectivity index (χ0v) is 19.1. The molecule has 0 atom stereocenters. The first-order chi connectivity index (χ1) is 15.1. The molecule has 0 aliphatic rings. The number of anilines is 1. The van der Waals surface area contributed by atoms with E-state index in [1.165, 1.54) is 6.20 Å². The number of carbonyl (C=O) groups excluding carboxylic acids is 2. The highest BCUT2D eigenvalue weighted by Gasteiger charge is 2.16. The number of pyridine rings is 1. The van der Waals surface area contributed by atoms with Gasteiger partial charge in [-0.1, -0.05) is 6.07 Å². The van der Waals surface area contributed by atoms with Crippen molar-refractivity contribution in [2.45, 2.75) is 40.2 Å². The maximum atomic E-state index is 12.6. The normalized spacial score (nSPS) is 11.5. The second-order valence-corrected chi connectivity index (χ2v) is 8.03. The number of hydrogen-bond donors (Lipinski definition) is 2. The number of aromatic nitrogens is 1. The summed E-state index contributed by atoms with van der Waals surface area (Å²) >= 11 is 0. The largest absolute Gasteiger partial charge is 0.492 e. The van der Waals surface area contributed by atoms with Gasteiger partial charge in [-0.15, -0.1) is 0 Å². The number of alkyl carbamates (subject to hydrolysis) is 1. The fraction of sp³-hybridized carbons (Fsp3) is 0.348. The van der Waals surface area contributed by atoms with E-state index >= 15 is 0 Å². The number of aliphatic imine (C=N–C) groups is 2. The van der Waals surface area contributed by atoms with Gasteiger partial charge in [0.15, 0.2) is 0 Å². The molecule has 2 N–H and O–H groups in total. The minimum Gasteiger partial charge on any atom is -0.492 e. The summed E-state index contributed by atoms with van der Waals surface area (Å²) in [6.07, 6.45) is 2.48. The lowest BCUT2D eigenvalue weighted by Gasteiger charge is -2.19. The quantitative estimate of drug-likeness (QED) is 0.365. The van der Waals surface area contributed by atoms with Gasteiger partial charge in [-0.2, -0.15) is 0 Å². The SMILES string of the molecule is C=N/C(=C\N=C(C)C)C(=O)Nc1cc(OCCNC(=O)OC(C)(C)C)cc2cccnc12. The predicted octanol–water partition coefficient (Wildman–Crippen LogP) is 4.10. The van der Waals surface area contributed by atoms with E-state index in [4.69, 9.17) is 9.47 Å². The summed E-state index contributed by atoms with van der Waals surface area (Å²) in [5.74, 6) is 0.0343. The average molecular weight is 440 g/mol. The van der Waals surface area contributed by atoms with Gasteiger partial charge in [-0.3, -0.25) is 19.8 Å². The number of ether oxygens (including phenoxy) is 2. The highest BCUT2D eigenvalue weighted by Crippen LogP contribution is 2.28. The number of carbonyl (C=O) groups is 2. The summed E-state index contributed by atoms with van der Waals surface area (Å²) < 4.78 is 10.9. The van der Waals surface area contributed by atoms with Gasteiger partial charge >= 0.3 is 6.09 Å². The van der Waals surface area contributed by atoms with Crippen LogP contribution in [-0.4, -0.2) is 48.2 Å². The molecule has 0 spiro atoms. The first kappa shape index (κ1) is 24.5. The maximum absolute atomic E-state index is 12.6. The summed E-state index contributed by atoms with van der Waals surface area (Å²) in [7, 11) is 0. The lowest BCUT2D eigenvalue weighted by atomic mass is 10.1. The van der Waals surface area contributed by atoms with E-state index in [0.717, 1.165) is 11.1 Å². The molecule has 0 bridgehead atoms. The van der Waals surface area contributed by atoms with Crippen LogP contribution in [0.25, 0.3) is 10.9 Å². The van der Waals surface area contributed by atoms with E-state index in [2.05, 4.69) is 32.3 Å². The number of benzene rings is 1. The minimum atomic E-state index is -0.571. The summed E-state index contributed by atoms with van der Waals surface area (Å²) in [4.78, 5) is 36.6. The fourth-order valence-corrected chi connectivity index (χ4v) is 2.53. The Labute approximate surface area is 187 Å². The van der Waals surface area contributed by atoms with Gasteiger partial charge in [0.25, 0.3) is 5.91 Å². The van der Waals surface area contributed by atoms with Crippen molar-refractivity contribution in [3.8, 4) is 5.75 Å². The lowest BCUT2D eigenvalue weighted by Crippen LogP contribution is -2.34. The highest BCUT2D eigenvalue weighted by molar-refractivity contribution is 6.08. The molecule has 1 aromatic heterocycles. The van der Waals surface area contributed by atoms with Crippen LogP contribution in [0.4, 0.5) is 10.5 Å². The van der Waals surface area contributed by atoms with Gasteiger partial charge in [0, 0.05) is 23.4 Å². The molecule has 2 rings (SSSR count). The lowest BCUT2D eigenvalue weighted by molar-refractivity contribution is -0.112. The summed E-state index contributed by atoms with van der Waals surface area (Å²) in [5.41, 5.74) is 1.33. The first-order valence-corrected chi connectivity index (χ1v) is 10.1. The number of hydrogen-bond acceptors (Lipinski definition) is 7. The van der Waals surface area contributed by atoms with Crippen LogP contribution in [0, 0.1) is 0 Å². The van der Waals surface area contributed by atoms with Crippen molar-refractivity contribution in [2.75, 3.05) is 18.5 Å². The molecule has 0 aliphatic heterocycles. The van der Waals surface area contributed by atoms with Crippen LogP contribution in [0.2, 0.25) is 0 Å². The third kappa shape index (κ3) is 7.82. The van der Waals surface area contributed by atoms with Gasteiger partial charge in [-0.25, -0.2) is 4.79 Å². The number of rotatable bonds is 8. The molecule has 2 amide bonds. The maximum Gasteiger partial charge on any atom is 0.407 e. The molecule has 0 unspecified atom stereocenters. The number of nitrogens with one attached hydrogen (secondary N) is 2. The van der Waals surface area contributed by atoms with E-state index in [-0.39, 0.29) is 18.8 Å². The molecule has 0 radical (unpaired) electrons. The second kappa shape index (κ2) is 11.0. The number of fused-ring (bicyclic) bond motifs is 1. The van der Waals surface area contributed by atoms with Crippen LogP contribution in [-0.2, 0) is 9.53 Å². The molecule has 32 heavy (non-hydrogen) atoms. The summed E-state index contributed by atoms with van der Waals surface area (Å²) in [5, 5.41) is 6.20. The third-order valence-electron chi connectivity index (χ3n) is 3.81. The molecule has 0 saturated carbocycles. The summed E-state index contributed by atoms with van der Waals surface area (Å²) in [6.45, 7) is 12.9. The molecule has 1 aromatic carbocycles. The summed E-state index contributed by atoms with van der Waals surface area (Å²) in [6, 6.07) is 7.11. The molecule has 170 valence electrons. The van der Waals surface area contributed by atoms with E-state index in [9.17, 15) is 9.59 Å². The molecule has 0 fully saturated rings. The Morgan fingerprint density at radius 1 is 1.25 bits per heavy atom. The van der Waals surface area contributed by atoms with E-state index in [0.29, 0.717) is 17.0 Å². The van der Waals surface area contributed by atoms with Crippen molar-refractivity contribution in [3.05, 3.63) is 42.4 Å². The smallest absolute Gasteiger partial charge is 0.407 e. The van der Waals surface area contributed by atoms with Gasteiger partial charge in [-0.05, 0) is 53.5 Å². The van der Waals surface area contributed by atoms with E-state index < -0.39 is 17.6 Å². The van der Waals surface area contributed by atoms with Crippen molar-refractivity contribution in [3.63, 3.8) is 0 Å². The van der Waals surface area contributed by atoms with Crippen molar-refractivity contribution in [1.82, 2.24) is 10.3 Å². The second-order valence-electron chi connectivity index (χ2n) is 8.03. The van der Waals surface area contributed by atoms with Crippen LogP contribution in [0.1, 0.15) is 34.6 Å². The first-order valence-electron chi connectivity index (χ1n) is 10.1. The standard InChI is InChI=1S/C23H29N5O4/c1-15(2)27-14-19(24-6)21(29)28-18-13-17(12-16-8-7-9-25-20(16)18)31-11-10-26-22(30)32-23(3,4)5/h7-9,12-14H,6,10-11H2,1-5H3,(H,26,30)(H,28,29)/b19-14-. The molecular formula is C23H29N5O4.